The van der Waals surface area contributed by atoms with Crippen LogP contribution in [0.5, 0.6) is 28.7 Å². The Morgan fingerprint density at radius 3 is 1.65 bits per heavy atom. The average Bonchev–Trinajstić information content (AvgIpc) is 2.70. The number of ketones is 1. The lowest BCUT2D eigenvalue weighted by Gasteiger charge is -2.15. The van der Waals surface area contributed by atoms with Gasteiger partial charge in [0.25, 0.3) is 0 Å². The normalized spacial score (nSPS) is 10.0. The predicted octanol–water partition coefficient (Wildman–Crippen LogP) is 3.63. The highest BCUT2D eigenvalue weighted by Crippen LogP contribution is 2.40. The number of carbonyl (C=O) groups excluding carboxylic acids is 1. The molecule has 2 aromatic rings. The molecule has 0 aromatic heterocycles. The van der Waals surface area contributed by atoms with Crippen molar-refractivity contribution in [1.29, 1.82) is 0 Å². The van der Waals surface area contributed by atoms with Crippen LogP contribution in [0.2, 0.25) is 0 Å². The van der Waals surface area contributed by atoms with Crippen LogP contribution in [-0.4, -0.2) is 41.3 Å². The topological polar surface area (TPSA) is 63.2 Å². The zero-order valence-electron chi connectivity index (χ0n) is 15.5. The third-order valence-electron chi connectivity index (χ3n) is 3.93. The van der Waals surface area contributed by atoms with E-state index in [-0.39, 0.29) is 11.4 Å². The Hall–Kier alpha value is -3.15. The zero-order valence-corrected chi connectivity index (χ0v) is 15.5. The quantitative estimate of drug-likeness (QED) is 0.530. The maximum Gasteiger partial charge on any atom is 0.203 e. The Labute approximate surface area is 152 Å². The summed E-state index contributed by atoms with van der Waals surface area (Å²) in [4.78, 5) is 12.9. The molecule has 26 heavy (non-hydrogen) atoms. The minimum atomic E-state index is -0.250. The lowest BCUT2D eigenvalue weighted by molar-refractivity contribution is 0.105. The number of hydrogen-bond donors (Lipinski definition) is 0. The Kier molecular flexibility index (Phi) is 6.11. The first kappa shape index (κ1) is 19.2. The standard InChI is InChI=1S/C20H22O6/c1-12(14-10-17(24-4)20(26-6)18(11-14)25-5)19(21)13-7-8-15(22-2)16(9-13)23-3/h7-11H,1H2,2-6H3. The molecule has 0 aliphatic rings. The molecular weight excluding hydrogens is 336 g/mol. The van der Waals surface area contributed by atoms with Crippen LogP contribution >= 0.6 is 0 Å². The van der Waals surface area contributed by atoms with Gasteiger partial charge in [-0.15, -0.1) is 0 Å². The molecule has 0 unspecified atom stereocenters. The highest BCUT2D eigenvalue weighted by molar-refractivity contribution is 6.28. The van der Waals surface area contributed by atoms with E-state index in [0.717, 1.165) is 0 Å². The fraction of sp³-hybridized carbons (Fsp3) is 0.250. The summed E-state index contributed by atoms with van der Waals surface area (Å²) in [6.07, 6.45) is 0. The van der Waals surface area contributed by atoms with Crippen LogP contribution in [-0.2, 0) is 0 Å². The Morgan fingerprint density at radius 1 is 0.692 bits per heavy atom. The van der Waals surface area contributed by atoms with Gasteiger partial charge in [-0.1, -0.05) is 6.58 Å². The molecule has 6 heteroatoms. The van der Waals surface area contributed by atoms with E-state index in [0.29, 0.717) is 39.9 Å². The average molecular weight is 358 g/mol. The van der Waals surface area contributed by atoms with Gasteiger partial charge in [0.15, 0.2) is 28.8 Å². The van der Waals surface area contributed by atoms with E-state index in [2.05, 4.69) is 6.58 Å². The van der Waals surface area contributed by atoms with Crippen molar-refractivity contribution in [1.82, 2.24) is 0 Å². The first-order chi connectivity index (χ1) is 12.5. The molecule has 2 aromatic carbocycles. The van der Waals surface area contributed by atoms with Gasteiger partial charge in [-0.2, -0.15) is 0 Å². The maximum absolute atomic E-state index is 12.9. The molecule has 0 aliphatic heterocycles. The van der Waals surface area contributed by atoms with E-state index in [1.807, 2.05) is 0 Å². The second-order valence-corrected chi connectivity index (χ2v) is 5.29. The van der Waals surface area contributed by atoms with Crippen LogP contribution in [0.4, 0.5) is 0 Å². The van der Waals surface area contributed by atoms with Crippen molar-refractivity contribution in [3.8, 4) is 28.7 Å². The van der Waals surface area contributed by atoms with Crippen molar-refractivity contribution in [3.05, 3.63) is 48.0 Å². The largest absolute Gasteiger partial charge is 0.493 e. The SMILES string of the molecule is C=C(C(=O)c1ccc(OC)c(OC)c1)c1cc(OC)c(OC)c(OC)c1. The van der Waals surface area contributed by atoms with Crippen molar-refractivity contribution in [2.75, 3.05) is 35.5 Å². The first-order valence-electron chi connectivity index (χ1n) is 7.76. The van der Waals surface area contributed by atoms with Gasteiger partial charge in [-0.3, -0.25) is 4.79 Å². The number of rotatable bonds is 8. The van der Waals surface area contributed by atoms with Gasteiger partial charge in [-0.05, 0) is 35.9 Å². The zero-order chi connectivity index (χ0) is 19.3. The number of carbonyl (C=O) groups is 1. The second-order valence-electron chi connectivity index (χ2n) is 5.29. The molecule has 0 N–H and O–H groups in total. The lowest BCUT2D eigenvalue weighted by Crippen LogP contribution is -2.04. The maximum atomic E-state index is 12.9. The summed E-state index contributed by atoms with van der Waals surface area (Å²) in [7, 11) is 7.60. The molecule has 138 valence electrons. The van der Waals surface area contributed by atoms with E-state index in [9.17, 15) is 4.79 Å². The molecule has 0 atom stereocenters. The lowest BCUT2D eigenvalue weighted by atomic mass is 9.97. The van der Waals surface area contributed by atoms with Crippen LogP contribution in [0.1, 0.15) is 15.9 Å². The molecular formula is C20H22O6. The van der Waals surface area contributed by atoms with Gasteiger partial charge in [0.2, 0.25) is 5.75 Å². The molecule has 0 aliphatic carbocycles. The van der Waals surface area contributed by atoms with Gasteiger partial charge in [0.05, 0.1) is 35.5 Å². The Morgan fingerprint density at radius 2 is 1.19 bits per heavy atom. The summed E-state index contributed by atoms with van der Waals surface area (Å²) in [5, 5.41) is 0. The summed E-state index contributed by atoms with van der Waals surface area (Å²) in [5.41, 5.74) is 1.29. The number of ether oxygens (including phenoxy) is 5. The van der Waals surface area contributed by atoms with Crippen LogP contribution < -0.4 is 23.7 Å². The van der Waals surface area contributed by atoms with Crippen molar-refractivity contribution in [2.24, 2.45) is 0 Å². The monoisotopic (exact) mass is 358 g/mol. The van der Waals surface area contributed by atoms with Crippen molar-refractivity contribution >= 4 is 11.4 Å². The highest BCUT2D eigenvalue weighted by atomic mass is 16.5. The first-order valence-corrected chi connectivity index (χ1v) is 7.76. The molecule has 0 bridgehead atoms. The van der Waals surface area contributed by atoms with Crippen LogP contribution in [0.15, 0.2) is 36.9 Å². The van der Waals surface area contributed by atoms with Crippen molar-refractivity contribution in [3.63, 3.8) is 0 Å². The smallest absolute Gasteiger partial charge is 0.203 e. The van der Waals surface area contributed by atoms with E-state index >= 15 is 0 Å². The van der Waals surface area contributed by atoms with Gasteiger partial charge >= 0.3 is 0 Å². The van der Waals surface area contributed by atoms with Crippen molar-refractivity contribution < 1.29 is 28.5 Å². The third kappa shape index (κ3) is 3.59. The number of benzene rings is 2. The second kappa shape index (κ2) is 8.29. The summed E-state index contributed by atoms with van der Waals surface area (Å²) in [6, 6.07) is 8.32. The summed E-state index contributed by atoms with van der Waals surface area (Å²) in [5.74, 6) is 2.11. The molecule has 6 nitrogen and oxygen atoms in total. The molecule has 0 saturated heterocycles. The molecule has 0 saturated carbocycles. The summed E-state index contributed by atoms with van der Waals surface area (Å²) in [6.45, 7) is 3.93. The van der Waals surface area contributed by atoms with Gasteiger partial charge in [0.1, 0.15) is 0 Å². The fourth-order valence-electron chi connectivity index (χ4n) is 2.54. The number of Topliss-reactive ketones (excluding diaryl/α,β-unsaturated/α-hetero) is 1. The van der Waals surface area contributed by atoms with Gasteiger partial charge < -0.3 is 23.7 Å². The fourth-order valence-corrected chi connectivity index (χ4v) is 2.54. The minimum absolute atomic E-state index is 0.250. The van der Waals surface area contributed by atoms with Crippen LogP contribution in [0, 0.1) is 0 Å². The van der Waals surface area contributed by atoms with Crippen molar-refractivity contribution in [2.45, 2.75) is 0 Å². The van der Waals surface area contributed by atoms with Crippen LogP contribution in [0.25, 0.3) is 5.57 Å². The molecule has 0 fully saturated rings. The van der Waals surface area contributed by atoms with Gasteiger partial charge in [-0.25, -0.2) is 0 Å². The molecule has 0 amide bonds. The number of allylic oxidation sites excluding steroid dienone is 1. The summed E-state index contributed by atoms with van der Waals surface area (Å²) >= 11 is 0. The molecule has 0 radical (unpaired) electrons. The highest BCUT2D eigenvalue weighted by Gasteiger charge is 2.19. The van der Waals surface area contributed by atoms with E-state index in [1.54, 1.807) is 30.3 Å². The third-order valence-corrected chi connectivity index (χ3v) is 3.93. The molecule has 2 rings (SSSR count). The number of methoxy groups -OCH3 is 5. The van der Waals surface area contributed by atoms with Gasteiger partial charge in [0, 0.05) is 11.1 Å². The van der Waals surface area contributed by atoms with Crippen LogP contribution in [0.3, 0.4) is 0 Å². The summed E-state index contributed by atoms with van der Waals surface area (Å²) < 4.78 is 26.4. The van der Waals surface area contributed by atoms with E-state index in [1.165, 1.54) is 35.5 Å². The number of hydrogen-bond acceptors (Lipinski definition) is 6. The van der Waals surface area contributed by atoms with E-state index < -0.39 is 0 Å². The minimum Gasteiger partial charge on any atom is -0.493 e. The molecule has 0 heterocycles. The Balaban J connectivity index is 2.44. The predicted molar refractivity (Wildman–Crippen MR) is 99.0 cm³/mol. The Bertz CT molecular complexity index is 800. The van der Waals surface area contributed by atoms with E-state index in [4.69, 9.17) is 23.7 Å². The molecule has 0 spiro atoms.